The molecule has 2 atom stereocenters. The molecule has 7 heteroatoms. The maximum atomic E-state index is 11.3. The molecule has 0 N–H and O–H groups in total. The number of hydrogen-bond acceptors (Lipinski definition) is 5. The summed E-state index contributed by atoms with van der Waals surface area (Å²) in [4.78, 5) is 21.3. The Morgan fingerprint density at radius 1 is 1.65 bits per heavy atom. The van der Waals surface area contributed by atoms with E-state index in [0.717, 1.165) is 0 Å². The second-order valence-electron chi connectivity index (χ2n) is 3.49. The molecule has 1 aromatic rings. The zero-order valence-electron chi connectivity index (χ0n) is 8.75. The first kappa shape index (κ1) is 11.8. The van der Waals surface area contributed by atoms with Crippen molar-refractivity contribution in [3.63, 3.8) is 0 Å². The number of hydrogen-bond donors (Lipinski definition) is 0. The third kappa shape index (κ3) is 1.96. The van der Waals surface area contributed by atoms with Gasteiger partial charge < -0.3 is 9.47 Å². The maximum Gasteiger partial charge on any atom is 0.357 e. The number of ether oxygens (including phenoxy) is 2. The highest BCUT2D eigenvalue weighted by atomic mass is 35.5. The Balaban J connectivity index is 2.24. The highest BCUT2D eigenvalue weighted by Crippen LogP contribution is 2.53. The van der Waals surface area contributed by atoms with E-state index in [1.54, 1.807) is 6.07 Å². The standard InChI is InChI=1S/C10H8ClNO5/c1-16-9(13)10(11)8(17-10)6-3-2-4-7(5-6)12(14)15/h2-5,8H,1H3. The van der Waals surface area contributed by atoms with Crippen molar-refractivity contribution in [2.75, 3.05) is 7.11 Å². The summed E-state index contributed by atoms with van der Waals surface area (Å²) in [5.41, 5.74) is 0.390. The molecular formula is C10H8ClNO5. The quantitative estimate of drug-likeness (QED) is 0.271. The smallest absolute Gasteiger partial charge is 0.357 e. The second kappa shape index (κ2) is 3.97. The molecule has 0 aliphatic carbocycles. The van der Waals surface area contributed by atoms with Gasteiger partial charge in [-0.2, -0.15) is 0 Å². The van der Waals surface area contributed by atoms with Gasteiger partial charge in [0.2, 0.25) is 0 Å². The van der Waals surface area contributed by atoms with E-state index in [1.807, 2.05) is 0 Å². The molecule has 1 fully saturated rings. The van der Waals surface area contributed by atoms with E-state index in [9.17, 15) is 14.9 Å². The Labute approximate surface area is 101 Å². The van der Waals surface area contributed by atoms with Crippen LogP contribution in [0.4, 0.5) is 5.69 Å². The molecule has 0 spiro atoms. The number of esters is 1. The van der Waals surface area contributed by atoms with Crippen LogP contribution < -0.4 is 0 Å². The van der Waals surface area contributed by atoms with Crippen molar-refractivity contribution in [1.82, 2.24) is 0 Å². The summed E-state index contributed by atoms with van der Waals surface area (Å²) in [7, 11) is 1.19. The van der Waals surface area contributed by atoms with E-state index in [-0.39, 0.29) is 5.69 Å². The van der Waals surface area contributed by atoms with Crippen LogP contribution in [0.1, 0.15) is 11.7 Å². The number of nitro benzene ring substituents is 1. The predicted molar refractivity (Wildman–Crippen MR) is 57.5 cm³/mol. The van der Waals surface area contributed by atoms with Crippen LogP contribution in [0.25, 0.3) is 0 Å². The molecule has 0 bridgehead atoms. The van der Waals surface area contributed by atoms with Gasteiger partial charge in [-0.1, -0.05) is 23.7 Å². The third-order valence-corrected chi connectivity index (χ3v) is 2.86. The molecule has 0 amide bonds. The Bertz CT molecular complexity index is 491. The van der Waals surface area contributed by atoms with Crippen LogP contribution in [0, 0.1) is 10.1 Å². The zero-order chi connectivity index (χ0) is 12.6. The van der Waals surface area contributed by atoms with E-state index in [0.29, 0.717) is 5.56 Å². The molecule has 1 heterocycles. The minimum absolute atomic E-state index is 0.0816. The lowest BCUT2D eigenvalue weighted by molar-refractivity contribution is -0.384. The summed E-state index contributed by atoms with van der Waals surface area (Å²) in [5.74, 6) is -0.712. The van der Waals surface area contributed by atoms with Crippen molar-refractivity contribution in [2.45, 2.75) is 11.2 Å². The van der Waals surface area contributed by atoms with Gasteiger partial charge in [-0.3, -0.25) is 10.1 Å². The molecule has 17 heavy (non-hydrogen) atoms. The van der Waals surface area contributed by atoms with Gasteiger partial charge in [0.15, 0.2) is 0 Å². The summed E-state index contributed by atoms with van der Waals surface area (Å²) in [5, 5.41) is 9.04. The molecule has 1 aromatic carbocycles. The number of non-ortho nitro benzene ring substituents is 1. The van der Waals surface area contributed by atoms with Crippen molar-refractivity contribution in [3.8, 4) is 0 Å². The number of methoxy groups -OCH3 is 1. The lowest BCUT2D eigenvalue weighted by atomic mass is 10.1. The third-order valence-electron chi connectivity index (χ3n) is 2.42. The Morgan fingerprint density at radius 2 is 2.35 bits per heavy atom. The maximum absolute atomic E-state index is 11.3. The van der Waals surface area contributed by atoms with Gasteiger partial charge in [-0.15, -0.1) is 0 Å². The van der Waals surface area contributed by atoms with Crippen LogP contribution in [0.5, 0.6) is 0 Å². The van der Waals surface area contributed by atoms with E-state index >= 15 is 0 Å². The van der Waals surface area contributed by atoms with Crippen molar-refractivity contribution >= 4 is 23.3 Å². The number of nitro groups is 1. The summed E-state index contributed by atoms with van der Waals surface area (Å²) in [6, 6.07) is 5.77. The second-order valence-corrected chi connectivity index (χ2v) is 4.05. The molecule has 0 radical (unpaired) electrons. The van der Waals surface area contributed by atoms with E-state index in [2.05, 4.69) is 4.74 Å². The van der Waals surface area contributed by atoms with Gasteiger partial charge in [0.25, 0.3) is 10.7 Å². The van der Waals surface area contributed by atoms with Gasteiger partial charge >= 0.3 is 5.97 Å². The van der Waals surface area contributed by atoms with Crippen LogP contribution in [-0.4, -0.2) is 23.1 Å². The Morgan fingerprint density at radius 3 is 2.94 bits per heavy atom. The number of benzene rings is 1. The Hall–Kier alpha value is -1.66. The van der Waals surface area contributed by atoms with E-state index in [1.165, 1.54) is 25.3 Å². The first-order valence-electron chi connectivity index (χ1n) is 4.68. The highest BCUT2D eigenvalue weighted by molar-refractivity contribution is 6.35. The number of alkyl halides is 1. The average Bonchev–Trinajstić information content (AvgIpc) is 3.02. The monoisotopic (exact) mass is 257 g/mol. The first-order valence-corrected chi connectivity index (χ1v) is 5.06. The SMILES string of the molecule is COC(=O)C1(Cl)OC1c1cccc([N+](=O)[O-])c1. The molecular weight excluding hydrogens is 250 g/mol. The van der Waals surface area contributed by atoms with Crippen LogP contribution in [0.2, 0.25) is 0 Å². The van der Waals surface area contributed by atoms with Crippen LogP contribution in [0.3, 0.4) is 0 Å². The number of carbonyl (C=O) groups excluding carboxylic acids is 1. The first-order chi connectivity index (χ1) is 7.99. The van der Waals surface area contributed by atoms with Crippen LogP contribution in [0.15, 0.2) is 24.3 Å². The molecule has 0 aromatic heterocycles. The van der Waals surface area contributed by atoms with Crippen molar-refractivity contribution in [2.24, 2.45) is 0 Å². The minimum Gasteiger partial charge on any atom is -0.466 e. The van der Waals surface area contributed by atoms with Gasteiger partial charge in [-0.05, 0) is 5.56 Å². The largest absolute Gasteiger partial charge is 0.466 e. The lowest BCUT2D eigenvalue weighted by Crippen LogP contribution is -2.19. The fourth-order valence-electron chi connectivity index (χ4n) is 1.52. The van der Waals surface area contributed by atoms with Crippen molar-refractivity contribution < 1.29 is 19.2 Å². The summed E-state index contributed by atoms with van der Waals surface area (Å²) < 4.78 is 9.52. The number of epoxide rings is 1. The number of rotatable bonds is 3. The normalized spacial score (nSPS) is 26.4. The molecule has 1 aliphatic rings. The summed E-state index contributed by atoms with van der Waals surface area (Å²) in [6.07, 6.45) is -0.712. The highest BCUT2D eigenvalue weighted by Gasteiger charge is 2.64. The molecule has 2 unspecified atom stereocenters. The topological polar surface area (TPSA) is 82.0 Å². The molecule has 90 valence electrons. The molecule has 2 rings (SSSR count). The van der Waals surface area contributed by atoms with Crippen LogP contribution >= 0.6 is 11.6 Å². The Kier molecular flexibility index (Phi) is 2.76. The summed E-state index contributed by atoms with van der Waals surface area (Å²) >= 11 is 5.86. The van der Waals surface area contributed by atoms with Gasteiger partial charge in [-0.25, -0.2) is 4.79 Å². The van der Waals surface area contributed by atoms with Gasteiger partial charge in [0, 0.05) is 12.1 Å². The van der Waals surface area contributed by atoms with E-state index in [4.69, 9.17) is 16.3 Å². The zero-order valence-corrected chi connectivity index (χ0v) is 9.51. The fraction of sp³-hybridized carbons (Fsp3) is 0.300. The van der Waals surface area contributed by atoms with E-state index < -0.39 is 22.1 Å². The molecule has 1 aliphatic heterocycles. The van der Waals surface area contributed by atoms with Gasteiger partial charge in [0.1, 0.15) is 6.10 Å². The number of carbonyl (C=O) groups is 1. The number of halogens is 1. The molecule has 0 saturated carbocycles. The van der Waals surface area contributed by atoms with Gasteiger partial charge in [0.05, 0.1) is 12.0 Å². The minimum atomic E-state index is -1.55. The molecule has 1 saturated heterocycles. The average molecular weight is 258 g/mol. The predicted octanol–water partition coefficient (Wildman–Crippen LogP) is 1.77. The lowest BCUT2D eigenvalue weighted by Gasteiger charge is -2.01. The fourth-order valence-corrected chi connectivity index (χ4v) is 1.81. The molecule has 6 nitrogen and oxygen atoms in total. The van der Waals surface area contributed by atoms with Crippen molar-refractivity contribution in [1.29, 1.82) is 0 Å². The summed E-state index contributed by atoms with van der Waals surface area (Å²) in [6.45, 7) is 0. The number of nitrogens with zero attached hydrogens (tertiary/aromatic N) is 1. The van der Waals surface area contributed by atoms with Crippen molar-refractivity contribution in [3.05, 3.63) is 39.9 Å². The van der Waals surface area contributed by atoms with Crippen LogP contribution in [-0.2, 0) is 14.3 Å².